The van der Waals surface area contributed by atoms with Crippen molar-refractivity contribution < 1.29 is 9.52 Å². The fraction of sp³-hybridized carbons (Fsp3) is 0.562. The van der Waals surface area contributed by atoms with Crippen molar-refractivity contribution in [2.24, 2.45) is 5.92 Å². The number of nitrogens with zero attached hydrogens (tertiary/aromatic N) is 3. The van der Waals surface area contributed by atoms with Gasteiger partial charge in [-0.3, -0.25) is 4.79 Å². The summed E-state index contributed by atoms with van der Waals surface area (Å²) in [6, 6.07) is 1.77. The molecule has 0 radical (unpaired) electrons. The minimum absolute atomic E-state index is 0.367. The summed E-state index contributed by atoms with van der Waals surface area (Å²) < 4.78 is 7.46. The molecule has 3 rings (SSSR count). The second kappa shape index (κ2) is 6.78. The molecule has 0 spiro atoms. The highest BCUT2D eigenvalue weighted by atomic mass is 32.2. The average molecular weight is 335 g/mol. The van der Waals surface area contributed by atoms with Crippen LogP contribution in [-0.2, 0) is 5.75 Å². The number of aryl methyl sites for hydroxylation is 1. The van der Waals surface area contributed by atoms with Gasteiger partial charge >= 0.3 is 0 Å². The summed E-state index contributed by atoms with van der Waals surface area (Å²) in [7, 11) is 0. The Balaban J connectivity index is 1.75. The van der Waals surface area contributed by atoms with Gasteiger partial charge in [0.25, 0.3) is 0 Å². The SMILES string of the molecule is Cc1nnc(SCc2cc(=O)c(O)co2)n1[C@@H]1CCC[C@H](C)C1. The zero-order valence-corrected chi connectivity index (χ0v) is 14.2. The van der Waals surface area contributed by atoms with E-state index in [1.807, 2.05) is 6.92 Å². The highest BCUT2D eigenvalue weighted by Crippen LogP contribution is 2.35. The molecule has 2 aromatic rings. The fourth-order valence-corrected chi connectivity index (χ4v) is 4.10. The van der Waals surface area contributed by atoms with Gasteiger partial charge in [0.05, 0.1) is 5.75 Å². The van der Waals surface area contributed by atoms with Crippen molar-refractivity contribution in [2.75, 3.05) is 0 Å². The van der Waals surface area contributed by atoms with Gasteiger partial charge < -0.3 is 14.1 Å². The minimum Gasteiger partial charge on any atom is -0.502 e. The van der Waals surface area contributed by atoms with Crippen LogP contribution in [0.3, 0.4) is 0 Å². The molecule has 1 aliphatic carbocycles. The Bertz CT molecular complexity index is 740. The number of rotatable bonds is 4. The maximum absolute atomic E-state index is 11.5. The molecule has 6 nitrogen and oxygen atoms in total. The van der Waals surface area contributed by atoms with Gasteiger partial charge in [-0.1, -0.05) is 31.5 Å². The summed E-state index contributed by atoms with van der Waals surface area (Å²) in [5.41, 5.74) is -0.425. The third kappa shape index (κ3) is 3.60. The molecular weight excluding hydrogens is 314 g/mol. The predicted octanol–water partition coefficient (Wildman–Crippen LogP) is 3.29. The first-order chi connectivity index (χ1) is 11.0. The molecule has 0 bridgehead atoms. The summed E-state index contributed by atoms with van der Waals surface area (Å²) in [6.07, 6.45) is 5.92. The molecular formula is C16H21N3O3S. The average Bonchev–Trinajstić information content (AvgIpc) is 2.89. The first-order valence-corrected chi connectivity index (χ1v) is 8.88. The molecule has 1 aliphatic rings. The summed E-state index contributed by atoms with van der Waals surface area (Å²) in [6.45, 7) is 4.28. The van der Waals surface area contributed by atoms with Crippen molar-refractivity contribution in [3.05, 3.63) is 34.1 Å². The number of thioether (sulfide) groups is 1. The van der Waals surface area contributed by atoms with Crippen molar-refractivity contribution in [2.45, 2.75) is 56.5 Å². The van der Waals surface area contributed by atoms with Crippen LogP contribution in [0.15, 0.2) is 26.7 Å². The molecule has 0 amide bonds. The van der Waals surface area contributed by atoms with E-state index in [-0.39, 0.29) is 5.75 Å². The summed E-state index contributed by atoms with van der Waals surface area (Å²) in [5, 5.41) is 18.6. The van der Waals surface area contributed by atoms with Crippen LogP contribution in [0, 0.1) is 12.8 Å². The Morgan fingerprint density at radius 2 is 2.26 bits per heavy atom. The maximum Gasteiger partial charge on any atom is 0.226 e. The van der Waals surface area contributed by atoms with E-state index in [1.54, 1.807) is 0 Å². The van der Waals surface area contributed by atoms with Crippen molar-refractivity contribution in [3.8, 4) is 5.75 Å². The highest BCUT2D eigenvalue weighted by Gasteiger charge is 2.24. The van der Waals surface area contributed by atoms with E-state index in [0.29, 0.717) is 17.6 Å². The van der Waals surface area contributed by atoms with E-state index in [0.717, 1.165) is 36.0 Å². The van der Waals surface area contributed by atoms with Crippen molar-refractivity contribution in [1.29, 1.82) is 0 Å². The lowest BCUT2D eigenvalue weighted by Crippen LogP contribution is -2.19. The normalized spacial score (nSPS) is 21.5. The lowest BCUT2D eigenvalue weighted by Gasteiger charge is -2.29. The van der Waals surface area contributed by atoms with Gasteiger partial charge in [-0.2, -0.15) is 0 Å². The van der Waals surface area contributed by atoms with Crippen LogP contribution in [0.5, 0.6) is 5.75 Å². The van der Waals surface area contributed by atoms with E-state index in [9.17, 15) is 9.90 Å². The number of hydrogen-bond acceptors (Lipinski definition) is 6. The van der Waals surface area contributed by atoms with Gasteiger partial charge in [0.15, 0.2) is 10.9 Å². The van der Waals surface area contributed by atoms with Gasteiger partial charge in [-0.05, 0) is 25.7 Å². The van der Waals surface area contributed by atoms with Crippen LogP contribution in [-0.4, -0.2) is 19.9 Å². The molecule has 2 heterocycles. The molecule has 2 atom stereocenters. The molecule has 0 aromatic carbocycles. The van der Waals surface area contributed by atoms with Gasteiger partial charge in [0, 0.05) is 12.1 Å². The second-order valence-electron chi connectivity index (χ2n) is 6.21. The molecule has 1 saturated carbocycles. The zero-order chi connectivity index (χ0) is 16.4. The Labute approximate surface area is 138 Å². The van der Waals surface area contributed by atoms with E-state index in [4.69, 9.17) is 4.42 Å². The minimum atomic E-state index is -0.425. The molecule has 7 heteroatoms. The molecule has 1 fully saturated rings. The summed E-state index contributed by atoms with van der Waals surface area (Å²) in [4.78, 5) is 11.5. The Hall–Kier alpha value is -1.76. The first kappa shape index (κ1) is 16.1. The quantitative estimate of drug-likeness (QED) is 0.864. The van der Waals surface area contributed by atoms with Crippen LogP contribution >= 0.6 is 11.8 Å². The van der Waals surface area contributed by atoms with Crippen LogP contribution < -0.4 is 5.43 Å². The van der Waals surface area contributed by atoms with Crippen LogP contribution in [0.2, 0.25) is 0 Å². The number of aromatic nitrogens is 3. The first-order valence-electron chi connectivity index (χ1n) is 7.89. The van der Waals surface area contributed by atoms with Crippen LogP contribution in [0.1, 0.15) is 50.2 Å². The second-order valence-corrected chi connectivity index (χ2v) is 7.15. The molecule has 2 aromatic heterocycles. The number of hydrogen-bond donors (Lipinski definition) is 1. The van der Waals surface area contributed by atoms with E-state index >= 15 is 0 Å². The van der Waals surface area contributed by atoms with E-state index in [2.05, 4.69) is 21.7 Å². The highest BCUT2D eigenvalue weighted by molar-refractivity contribution is 7.98. The molecule has 0 unspecified atom stereocenters. The topological polar surface area (TPSA) is 81.2 Å². The van der Waals surface area contributed by atoms with Gasteiger partial charge in [0.2, 0.25) is 5.43 Å². The molecule has 0 aliphatic heterocycles. The molecule has 23 heavy (non-hydrogen) atoms. The predicted molar refractivity (Wildman–Crippen MR) is 87.6 cm³/mol. The lowest BCUT2D eigenvalue weighted by atomic mass is 9.87. The molecule has 0 saturated heterocycles. The zero-order valence-electron chi connectivity index (χ0n) is 13.4. The third-order valence-electron chi connectivity index (χ3n) is 4.32. The van der Waals surface area contributed by atoms with Gasteiger partial charge in [-0.15, -0.1) is 10.2 Å². The largest absolute Gasteiger partial charge is 0.502 e. The van der Waals surface area contributed by atoms with E-state index in [1.165, 1.54) is 30.7 Å². The Morgan fingerprint density at radius 3 is 3.00 bits per heavy atom. The van der Waals surface area contributed by atoms with Crippen molar-refractivity contribution >= 4 is 11.8 Å². The molecule has 124 valence electrons. The Morgan fingerprint density at radius 1 is 1.43 bits per heavy atom. The fourth-order valence-electron chi connectivity index (χ4n) is 3.16. The molecule has 1 N–H and O–H groups in total. The monoisotopic (exact) mass is 335 g/mol. The maximum atomic E-state index is 11.5. The van der Waals surface area contributed by atoms with Gasteiger partial charge in [0.1, 0.15) is 17.8 Å². The third-order valence-corrected chi connectivity index (χ3v) is 5.28. The summed E-state index contributed by atoms with van der Waals surface area (Å²) in [5.74, 6) is 2.29. The summed E-state index contributed by atoms with van der Waals surface area (Å²) >= 11 is 1.51. The van der Waals surface area contributed by atoms with Crippen LogP contribution in [0.25, 0.3) is 0 Å². The number of aromatic hydroxyl groups is 1. The van der Waals surface area contributed by atoms with E-state index < -0.39 is 5.43 Å². The lowest BCUT2D eigenvalue weighted by molar-refractivity contribution is 0.268. The van der Waals surface area contributed by atoms with Crippen molar-refractivity contribution in [3.63, 3.8) is 0 Å². The standard InChI is InChI=1S/C16H21N3O3S/c1-10-4-3-5-12(6-10)19-11(2)17-18-16(19)23-9-13-7-14(20)15(21)8-22-13/h7-8,10,12,21H,3-6,9H2,1-2H3/t10-,12+/m0/s1. The Kier molecular flexibility index (Phi) is 4.75. The van der Waals surface area contributed by atoms with Crippen molar-refractivity contribution in [1.82, 2.24) is 14.8 Å². The van der Waals surface area contributed by atoms with Crippen LogP contribution in [0.4, 0.5) is 0 Å². The smallest absolute Gasteiger partial charge is 0.226 e. The van der Waals surface area contributed by atoms with Gasteiger partial charge in [-0.25, -0.2) is 0 Å².